The third-order valence-corrected chi connectivity index (χ3v) is 5.50. The highest BCUT2D eigenvalue weighted by molar-refractivity contribution is 5.68. The maximum absolute atomic E-state index is 14.5. The van der Waals surface area contributed by atoms with E-state index in [1.54, 1.807) is 47.6 Å². The van der Waals surface area contributed by atoms with Crippen molar-refractivity contribution < 1.29 is 14.2 Å². The summed E-state index contributed by atoms with van der Waals surface area (Å²) >= 11 is 0. The fourth-order valence-electron chi connectivity index (χ4n) is 4.06. The Labute approximate surface area is 161 Å². The van der Waals surface area contributed by atoms with E-state index in [9.17, 15) is 9.50 Å². The first-order valence-corrected chi connectivity index (χ1v) is 9.39. The van der Waals surface area contributed by atoms with Crippen LogP contribution in [0, 0.1) is 0 Å². The minimum atomic E-state index is -1.04. The molecule has 8 heteroatoms. The first-order chi connectivity index (χ1) is 13.7. The van der Waals surface area contributed by atoms with Gasteiger partial charge in [0, 0.05) is 48.6 Å². The number of nitrogens with one attached hydrogen (secondary N) is 1. The Bertz CT molecular complexity index is 963. The minimum Gasteiger partial charge on any atom is -0.507 e. The Morgan fingerprint density at radius 3 is 2.86 bits per heavy atom. The molecular formula is C20H20FN5O2. The molecule has 5 rings (SSSR count). The number of hydrogen-bond donors (Lipinski definition) is 2. The van der Waals surface area contributed by atoms with Crippen LogP contribution in [0.5, 0.6) is 11.6 Å². The number of fused-ring (bicyclic) bond motifs is 2. The molecule has 2 bridgehead atoms. The zero-order valence-corrected chi connectivity index (χ0v) is 15.1. The van der Waals surface area contributed by atoms with Crippen molar-refractivity contribution in [3.8, 4) is 28.6 Å². The van der Waals surface area contributed by atoms with Crippen molar-refractivity contribution in [1.29, 1.82) is 0 Å². The van der Waals surface area contributed by atoms with Crippen LogP contribution in [-0.2, 0) is 0 Å². The van der Waals surface area contributed by atoms with E-state index < -0.39 is 12.3 Å². The predicted octanol–water partition coefficient (Wildman–Crippen LogP) is 2.64. The third kappa shape index (κ3) is 3.09. The molecule has 144 valence electrons. The number of halogens is 1. The number of aromatic nitrogens is 4. The molecule has 2 aromatic heterocycles. The number of ether oxygens (including phenoxy) is 1. The monoisotopic (exact) mass is 381 g/mol. The van der Waals surface area contributed by atoms with Crippen molar-refractivity contribution in [2.75, 3.05) is 0 Å². The molecule has 0 aliphatic carbocycles. The Balaban J connectivity index is 1.32. The molecule has 0 spiro atoms. The zero-order chi connectivity index (χ0) is 19.1. The first kappa shape index (κ1) is 17.1. The lowest BCUT2D eigenvalue weighted by Gasteiger charge is -2.32. The standard InChI is InChI=1S/C20H20FN5O2/c21-20-16-4-1-12(23-16)9-18(20)28-19-6-5-15(24-25-19)14-3-2-13(10-17(14)27)26-8-7-22-11-26/h2-3,5-8,10-12,16,18,20,23,27H,1,4,9H2/t12?,16?,18-,20+/m1/s1. The van der Waals surface area contributed by atoms with Gasteiger partial charge in [0.2, 0.25) is 5.88 Å². The number of benzene rings is 1. The summed E-state index contributed by atoms with van der Waals surface area (Å²) < 4.78 is 22.1. The van der Waals surface area contributed by atoms with Gasteiger partial charge in [-0.15, -0.1) is 10.2 Å². The maximum atomic E-state index is 14.5. The van der Waals surface area contributed by atoms with Crippen molar-refractivity contribution in [1.82, 2.24) is 25.1 Å². The number of phenolic OH excluding ortho intramolecular Hbond substituents is 1. The van der Waals surface area contributed by atoms with Gasteiger partial charge < -0.3 is 19.7 Å². The van der Waals surface area contributed by atoms with Gasteiger partial charge in [-0.1, -0.05) is 0 Å². The van der Waals surface area contributed by atoms with Gasteiger partial charge in [0.05, 0.1) is 17.7 Å². The molecule has 2 N–H and O–H groups in total. The van der Waals surface area contributed by atoms with E-state index in [-0.39, 0.29) is 11.8 Å². The van der Waals surface area contributed by atoms with Gasteiger partial charge in [-0.05, 0) is 31.0 Å². The van der Waals surface area contributed by atoms with E-state index in [2.05, 4.69) is 20.5 Å². The lowest BCUT2D eigenvalue weighted by molar-refractivity contribution is 0.0422. The smallest absolute Gasteiger partial charge is 0.233 e. The van der Waals surface area contributed by atoms with Gasteiger partial charge in [0.1, 0.15) is 11.9 Å². The number of alkyl halides is 1. The Hall–Kier alpha value is -3.00. The summed E-state index contributed by atoms with van der Waals surface area (Å²) in [4.78, 5) is 4.00. The van der Waals surface area contributed by atoms with Crippen LogP contribution in [0.1, 0.15) is 19.3 Å². The van der Waals surface area contributed by atoms with E-state index in [4.69, 9.17) is 4.74 Å². The summed E-state index contributed by atoms with van der Waals surface area (Å²) in [6.45, 7) is 0. The molecule has 0 radical (unpaired) electrons. The van der Waals surface area contributed by atoms with Crippen molar-refractivity contribution in [3.63, 3.8) is 0 Å². The van der Waals surface area contributed by atoms with Gasteiger partial charge in [-0.2, -0.15) is 0 Å². The molecule has 0 amide bonds. The van der Waals surface area contributed by atoms with E-state index in [1.807, 2.05) is 6.07 Å². The van der Waals surface area contributed by atoms with Crippen molar-refractivity contribution >= 4 is 0 Å². The Kier molecular flexibility index (Phi) is 4.20. The maximum Gasteiger partial charge on any atom is 0.233 e. The summed E-state index contributed by atoms with van der Waals surface area (Å²) in [5.74, 6) is 0.389. The number of nitrogens with zero attached hydrogens (tertiary/aromatic N) is 4. The van der Waals surface area contributed by atoms with E-state index >= 15 is 0 Å². The van der Waals surface area contributed by atoms with E-state index in [1.165, 1.54) is 0 Å². The topological polar surface area (TPSA) is 85.1 Å². The van der Waals surface area contributed by atoms with E-state index in [0.29, 0.717) is 29.6 Å². The van der Waals surface area contributed by atoms with Gasteiger partial charge in [-0.3, -0.25) is 0 Å². The lowest BCUT2D eigenvalue weighted by Crippen LogP contribution is -2.51. The molecule has 4 heterocycles. The van der Waals surface area contributed by atoms with Crippen LogP contribution in [0.3, 0.4) is 0 Å². The lowest BCUT2D eigenvalue weighted by atomic mass is 10.0. The normalized spacial score (nSPS) is 26.3. The average molecular weight is 381 g/mol. The highest BCUT2D eigenvalue weighted by Crippen LogP contribution is 2.33. The second-order valence-corrected chi connectivity index (χ2v) is 7.31. The molecule has 1 aromatic carbocycles. The third-order valence-electron chi connectivity index (χ3n) is 5.50. The first-order valence-electron chi connectivity index (χ1n) is 9.39. The van der Waals surface area contributed by atoms with Crippen LogP contribution in [0.15, 0.2) is 49.1 Å². The number of hydrogen-bond acceptors (Lipinski definition) is 6. The summed E-state index contributed by atoms with van der Waals surface area (Å²) in [6.07, 6.45) is 6.07. The second kappa shape index (κ2) is 6.87. The molecule has 3 aromatic rings. The number of aromatic hydroxyl groups is 1. The molecule has 2 saturated heterocycles. The molecule has 2 aliphatic rings. The van der Waals surface area contributed by atoms with Crippen LogP contribution in [0.4, 0.5) is 4.39 Å². The van der Waals surface area contributed by atoms with Gasteiger partial charge >= 0.3 is 0 Å². The summed E-state index contributed by atoms with van der Waals surface area (Å²) in [7, 11) is 0. The van der Waals surface area contributed by atoms with Crippen molar-refractivity contribution in [2.24, 2.45) is 0 Å². The van der Waals surface area contributed by atoms with Gasteiger partial charge in [-0.25, -0.2) is 9.37 Å². The summed E-state index contributed by atoms with van der Waals surface area (Å²) in [5.41, 5.74) is 1.87. The van der Waals surface area contributed by atoms with Crippen LogP contribution in [-0.4, -0.2) is 49.2 Å². The molecule has 0 saturated carbocycles. The average Bonchev–Trinajstić information content (AvgIpc) is 3.37. The van der Waals surface area contributed by atoms with Crippen LogP contribution >= 0.6 is 0 Å². The summed E-state index contributed by atoms with van der Waals surface area (Å²) in [5, 5.41) is 21.9. The fraction of sp³-hybridized carbons (Fsp3) is 0.350. The van der Waals surface area contributed by atoms with Gasteiger partial charge in [0.15, 0.2) is 6.17 Å². The molecular weight excluding hydrogens is 361 g/mol. The zero-order valence-electron chi connectivity index (χ0n) is 15.1. The molecule has 28 heavy (non-hydrogen) atoms. The second-order valence-electron chi connectivity index (χ2n) is 7.31. The minimum absolute atomic E-state index is 0.0907. The largest absolute Gasteiger partial charge is 0.507 e. The van der Waals surface area contributed by atoms with Crippen LogP contribution < -0.4 is 10.1 Å². The van der Waals surface area contributed by atoms with Crippen molar-refractivity contribution in [2.45, 2.75) is 43.6 Å². The molecule has 4 atom stereocenters. The number of piperidine rings is 1. The van der Waals surface area contributed by atoms with E-state index in [0.717, 1.165) is 18.5 Å². The van der Waals surface area contributed by atoms with Gasteiger partial charge in [0.25, 0.3) is 0 Å². The molecule has 7 nitrogen and oxygen atoms in total. The number of rotatable bonds is 4. The molecule has 2 aliphatic heterocycles. The van der Waals surface area contributed by atoms with Crippen LogP contribution in [0.25, 0.3) is 16.9 Å². The fourth-order valence-corrected chi connectivity index (χ4v) is 4.06. The Morgan fingerprint density at radius 2 is 2.11 bits per heavy atom. The molecule has 2 fully saturated rings. The van der Waals surface area contributed by atoms with Crippen LogP contribution in [0.2, 0.25) is 0 Å². The predicted molar refractivity (Wildman–Crippen MR) is 100 cm³/mol. The number of imidazole rings is 1. The van der Waals surface area contributed by atoms with Crippen molar-refractivity contribution in [3.05, 3.63) is 49.1 Å². The Morgan fingerprint density at radius 1 is 1.18 bits per heavy atom. The quantitative estimate of drug-likeness (QED) is 0.723. The SMILES string of the molecule is Oc1cc(-n2ccnc2)ccc1-c1ccc(O[C@@H]2CC3CCC(N3)[C@@H]2F)nn1. The highest BCUT2D eigenvalue weighted by Gasteiger charge is 2.43. The highest BCUT2D eigenvalue weighted by atomic mass is 19.1. The number of phenols is 1. The molecule has 2 unspecified atom stereocenters. The summed E-state index contributed by atoms with van der Waals surface area (Å²) in [6, 6.07) is 8.86.